The highest BCUT2D eigenvalue weighted by atomic mass is 32.2. The smallest absolute Gasteiger partial charge is 0.246 e. The first-order chi connectivity index (χ1) is 12.0. The number of hydrogen-bond donors (Lipinski definition) is 1. The van der Waals surface area contributed by atoms with Gasteiger partial charge < -0.3 is 15.0 Å². The minimum atomic E-state index is -0.454. The number of nitrogens with one attached hydrogen (secondary N) is 1. The molecule has 0 saturated carbocycles. The van der Waals surface area contributed by atoms with Gasteiger partial charge in [-0.1, -0.05) is 6.07 Å². The van der Waals surface area contributed by atoms with E-state index >= 15 is 0 Å². The van der Waals surface area contributed by atoms with Gasteiger partial charge in [0.2, 0.25) is 11.8 Å². The number of rotatable bonds is 4. The molecule has 3 heterocycles. The molecule has 0 radical (unpaired) electrons. The molecular weight excluding hydrogens is 338 g/mol. The van der Waals surface area contributed by atoms with Crippen molar-refractivity contribution < 1.29 is 14.3 Å². The molecule has 25 heavy (non-hydrogen) atoms. The Hall–Kier alpha value is -1.60. The molecule has 0 bridgehead atoms. The zero-order chi connectivity index (χ0) is 17.9. The summed E-state index contributed by atoms with van der Waals surface area (Å²) in [6, 6.07) is 3.49. The lowest BCUT2D eigenvalue weighted by molar-refractivity contribution is -0.138. The summed E-state index contributed by atoms with van der Waals surface area (Å²) in [5.41, 5.74) is 1.06. The second-order valence-corrected chi connectivity index (χ2v) is 8.69. The molecular formula is C18H25N3O3S. The predicted molar refractivity (Wildman–Crippen MR) is 97.1 cm³/mol. The fraction of sp³-hybridized carbons (Fsp3) is 0.611. The summed E-state index contributed by atoms with van der Waals surface area (Å²) in [7, 11) is 0. The molecule has 0 aliphatic carbocycles. The van der Waals surface area contributed by atoms with Crippen molar-refractivity contribution in [2.45, 2.75) is 50.2 Å². The van der Waals surface area contributed by atoms with Gasteiger partial charge in [0.1, 0.15) is 6.04 Å². The number of aromatic nitrogens is 1. The number of pyridine rings is 1. The second-order valence-electron chi connectivity index (χ2n) is 7.04. The highest BCUT2D eigenvalue weighted by molar-refractivity contribution is 8.01. The Morgan fingerprint density at radius 3 is 2.84 bits per heavy atom. The number of nitrogens with zero attached hydrogens (tertiary/aromatic N) is 2. The number of thioether (sulfide) groups is 1. The molecule has 6 nitrogen and oxygen atoms in total. The zero-order valence-corrected chi connectivity index (χ0v) is 15.6. The highest BCUT2D eigenvalue weighted by Crippen LogP contribution is 2.29. The number of amides is 2. The Bertz CT molecular complexity index is 615. The summed E-state index contributed by atoms with van der Waals surface area (Å²) in [5.74, 6) is 0.605. The SMILES string of the molecule is CC1(C)SC[C@H](C(=O)N2CCC(OCc3cccnc3)CC2)NC1=O. The van der Waals surface area contributed by atoms with Crippen molar-refractivity contribution in [1.29, 1.82) is 0 Å². The standard InChI is InChI=1S/C18H25N3O3S/c1-18(2)17(23)20-15(12-25-18)16(22)21-8-5-14(6-9-21)24-11-13-4-3-7-19-10-13/h3-4,7,10,14-15H,5-6,8-9,11-12H2,1-2H3,(H,20,23)/t15-/m1/s1. The third-order valence-corrected chi connectivity index (χ3v) is 6.13. The lowest BCUT2D eigenvalue weighted by atomic mass is 10.1. The minimum Gasteiger partial charge on any atom is -0.373 e. The van der Waals surface area contributed by atoms with Crippen molar-refractivity contribution in [3.05, 3.63) is 30.1 Å². The third-order valence-electron chi connectivity index (χ3n) is 4.72. The number of carbonyl (C=O) groups is 2. The number of hydrogen-bond acceptors (Lipinski definition) is 5. The third kappa shape index (κ3) is 4.52. The molecule has 0 spiro atoms. The monoisotopic (exact) mass is 363 g/mol. The molecule has 0 aromatic carbocycles. The maximum Gasteiger partial charge on any atom is 0.246 e. The normalized spacial score (nSPS) is 24.0. The van der Waals surface area contributed by atoms with Gasteiger partial charge in [0.25, 0.3) is 0 Å². The number of ether oxygens (including phenoxy) is 1. The lowest BCUT2D eigenvalue weighted by Gasteiger charge is -2.38. The summed E-state index contributed by atoms with van der Waals surface area (Å²) < 4.78 is 5.48. The van der Waals surface area contributed by atoms with E-state index in [-0.39, 0.29) is 17.9 Å². The highest BCUT2D eigenvalue weighted by Gasteiger charge is 2.39. The van der Waals surface area contributed by atoms with E-state index < -0.39 is 10.8 Å². The molecule has 2 amide bonds. The van der Waals surface area contributed by atoms with Crippen molar-refractivity contribution in [1.82, 2.24) is 15.2 Å². The van der Waals surface area contributed by atoms with Crippen LogP contribution in [0.4, 0.5) is 0 Å². The molecule has 1 aromatic heterocycles. The van der Waals surface area contributed by atoms with Crippen LogP contribution in [0.3, 0.4) is 0 Å². The van der Waals surface area contributed by atoms with E-state index in [1.54, 1.807) is 18.0 Å². The minimum absolute atomic E-state index is 0.0297. The van der Waals surface area contributed by atoms with Crippen molar-refractivity contribution in [3.63, 3.8) is 0 Å². The summed E-state index contributed by atoms with van der Waals surface area (Å²) >= 11 is 1.55. The van der Waals surface area contributed by atoms with Gasteiger partial charge in [0.15, 0.2) is 0 Å². The Morgan fingerprint density at radius 1 is 1.44 bits per heavy atom. The fourth-order valence-corrected chi connectivity index (χ4v) is 4.02. The molecule has 1 N–H and O–H groups in total. The number of likely N-dealkylation sites (tertiary alicyclic amines) is 1. The summed E-state index contributed by atoms with van der Waals surface area (Å²) in [6.45, 7) is 5.68. The Labute approximate surface area is 152 Å². The van der Waals surface area contributed by atoms with Gasteiger partial charge in [-0.3, -0.25) is 14.6 Å². The summed E-state index contributed by atoms with van der Waals surface area (Å²) in [5, 5.41) is 2.87. The Kier molecular flexibility index (Phi) is 5.64. The van der Waals surface area contributed by atoms with Crippen molar-refractivity contribution in [2.75, 3.05) is 18.8 Å². The van der Waals surface area contributed by atoms with Gasteiger partial charge in [-0.05, 0) is 38.3 Å². The molecule has 2 aliphatic rings. The Morgan fingerprint density at radius 2 is 2.20 bits per heavy atom. The van der Waals surface area contributed by atoms with Crippen LogP contribution in [-0.4, -0.2) is 57.4 Å². The van der Waals surface area contributed by atoms with Gasteiger partial charge in [-0.25, -0.2) is 0 Å². The summed E-state index contributed by atoms with van der Waals surface area (Å²) in [4.78, 5) is 30.6. The van der Waals surface area contributed by atoms with E-state index in [4.69, 9.17) is 4.74 Å². The van der Waals surface area contributed by atoms with E-state index in [9.17, 15) is 9.59 Å². The Balaban J connectivity index is 1.44. The first-order valence-corrected chi connectivity index (χ1v) is 9.68. The largest absolute Gasteiger partial charge is 0.373 e. The van der Waals surface area contributed by atoms with Crippen LogP contribution in [0.1, 0.15) is 32.3 Å². The maximum atomic E-state index is 12.6. The topological polar surface area (TPSA) is 71.5 Å². The first-order valence-electron chi connectivity index (χ1n) is 8.70. The van der Waals surface area contributed by atoms with Crippen LogP contribution in [0.5, 0.6) is 0 Å². The van der Waals surface area contributed by atoms with Crippen LogP contribution in [0.15, 0.2) is 24.5 Å². The van der Waals surface area contributed by atoms with Gasteiger partial charge in [0, 0.05) is 31.2 Å². The van der Waals surface area contributed by atoms with E-state index in [0.717, 1.165) is 18.4 Å². The summed E-state index contributed by atoms with van der Waals surface area (Å²) in [6.07, 6.45) is 5.37. The van der Waals surface area contributed by atoms with Gasteiger partial charge in [-0.15, -0.1) is 11.8 Å². The number of piperidine rings is 1. The zero-order valence-electron chi connectivity index (χ0n) is 14.7. The fourth-order valence-electron chi connectivity index (χ4n) is 3.02. The van der Waals surface area contributed by atoms with Crippen LogP contribution in [0, 0.1) is 0 Å². The van der Waals surface area contributed by atoms with Crippen LogP contribution in [0.2, 0.25) is 0 Å². The van der Waals surface area contributed by atoms with E-state index in [0.29, 0.717) is 25.4 Å². The molecule has 0 unspecified atom stereocenters. The van der Waals surface area contributed by atoms with Crippen molar-refractivity contribution in [3.8, 4) is 0 Å². The second kappa shape index (κ2) is 7.74. The van der Waals surface area contributed by atoms with Crippen LogP contribution in [-0.2, 0) is 20.9 Å². The van der Waals surface area contributed by atoms with Crippen molar-refractivity contribution >= 4 is 23.6 Å². The molecule has 2 saturated heterocycles. The van der Waals surface area contributed by atoms with E-state index in [1.165, 1.54) is 0 Å². The van der Waals surface area contributed by atoms with Crippen molar-refractivity contribution in [2.24, 2.45) is 0 Å². The van der Waals surface area contributed by atoms with Gasteiger partial charge in [-0.2, -0.15) is 0 Å². The van der Waals surface area contributed by atoms with Crippen LogP contribution in [0.25, 0.3) is 0 Å². The quantitative estimate of drug-likeness (QED) is 0.880. The molecule has 7 heteroatoms. The van der Waals surface area contributed by atoms with Crippen LogP contribution < -0.4 is 5.32 Å². The average molecular weight is 363 g/mol. The first kappa shape index (κ1) is 18.2. The predicted octanol–water partition coefficient (Wildman–Crippen LogP) is 1.60. The van der Waals surface area contributed by atoms with Crippen LogP contribution >= 0.6 is 11.8 Å². The number of carbonyl (C=O) groups excluding carboxylic acids is 2. The lowest BCUT2D eigenvalue weighted by Crippen LogP contribution is -2.58. The van der Waals surface area contributed by atoms with Gasteiger partial charge in [0.05, 0.1) is 17.5 Å². The average Bonchev–Trinajstić information content (AvgIpc) is 2.63. The molecule has 1 aromatic rings. The van der Waals surface area contributed by atoms with E-state index in [2.05, 4.69) is 10.3 Å². The van der Waals surface area contributed by atoms with E-state index in [1.807, 2.05) is 37.1 Å². The molecule has 136 valence electrons. The molecule has 3 rings (SSSR count). The molecule has 1 atom stereocenters. The molecule has 2 aliphatic heterocycles. The van der Waals surface area contributed by atoms with Gasteiger partial charge >= 0.3 is 0 Å². The maximum absolute atomic E-state index is 12.6. The molecule has 2 fully saturated rings.